The number of anilines is 1. The first kappa shape index (κ1) is 13.5. The lowest BCUT2D eigenvalue weighted by molar-refractivity contribution is 0.199. The minimum Gasteiger partial charge on any atom is -0.389 e. The Hall–Kier alpha value is -0.540. The van der Waals surface area contributed by atoms with Crippen LogP contribution in [0.2, 0.25) is 0 Å². The minimum absolute atomic E-state index is 0.442. The summed E-state index contributed by atoms with van der Waals surface area (Å²) in [7, 11) is 2.06. The van der Waals surface area contributed by atoms with Crippen molar-refractivity contribution in [3.05, 3.63) is 28.2 Å². The molecule has 90 valence electrons. The zero-order chi connectivity index (χ0) is 12.3. The highest BCUT2D eigenvalue weighted by Crippen LogP contribution is 2.29. The Balaban J connectivity index is 3.02. The van der Waals surface area contributed by atoms with E-state index in [1.54, 1.807) is 6.92 Å². The van der Waals surface area contributed by atoms with E-state index in [2.05, 4.69) is 47.8 Å². The molecule has 1 N–H and O–H groups in total. The first-order valence-corrected chi connectivity index (χ1v) is 6.39. The average Bonchev–Trinajstić information content (AvgIpc) is 2.16. The molecule has 0 radical (unpaired) electrons. The molecule has 0 aliphatic heterocycles. The van der Waals surface area contributed by atoms with E-state index in [1.165, 1.54) is 0 Å². The number of aliphatic hydroxyl groups excluding tert-OH is 1. The number of hydrogen-bond donors (Lipinski definition) is 1. The van der Waals surface area contributed by atoms with Crippen LogP contribution in [0, 0.1) is 5.92 Å². The van der Waals surface area contributed by atoms with Crippen LogP contribution in [-0.2, 0) is 0 Å². The Kier molecular flexibility index (Phi) is 4.81. The number of nitrogens with zero attached hydrogens (tertiary/aromatic N) is 1. The molecule has 0 aromatic heterocycles. The van der Waals surface area contributed by atoms with Crippen LogP contribution in [0.25, 0.3) is 0 Å². The average molecular weight is 286 g/mol. The summed E-state index contributed by atoms with van der Waals surface area (Å²) >= 11 is 3.43. The number of rotatable bonds is 4. The topological polar surface area (TPSA) is 23.5 Å². The fourth-order valence-corrected chi connectivity index (χ4v) is 2.23. The molecule has 0 bridgehead atoms. The fraction of sp³-hybridized carbons (Fsp3) is 0.538. The van der Waals surface area contributed by atoms with E-state index in [0.29, 0.717) is 5.92 Å². The van der Waals surface area contributed by atoms with Gasteiger partial charge in [0.25, 0.3) is 0 Å². The minimum atomic E-state index is -0.442. The van der Waals surface area contributed by atoms with Crippen molar-refractivity contribution in [3.8, 4) is 0 Å². The van der Waals surface area contributed by atoms with Gasteiger partial charge in [-0.2, -0.15) is 0 Å². The van der Waals surface area contributed by atoms with Crippen molar-refractivity contribution < 1.29 is 5.11 Å². The van der Waals surface area contributed by atoms with Gasteiger partial charge in [0.2, 0.25) is 0 Å². The molecule has 0 aliphatic rings. The molecule has 2 nitrogen and oxygen atoms in total. The summed E-state index contributed by atoms with van der Waals surface area (Å²) in [5, 5.41) is 9.76. The van der Waals surface area contributed by atoms with E-state index >= 15 is 0 Å². The maximum atomic E-state index is 9.76. The molecule has 0 spiro atoms. The van der Waals surface area contributed by atoms with Crippen molar-refractivity contribution in [3.63, 3.8) is 0 Å². The molecule has 16 heavy (non-hydrogen) atoms. The van der Waals surface area contributed by atoms with Crippen molar-refractivity contribution in [2.24, 2.45) is 5.92 Å². The molecular formula is C13H20BrNO. The van der Waals surface area contributed by atoms with Gasteiger partial charge in [-0.05, 0) is 31.0 Å². The van der Waals surface area contributed by atoms with Crippen LogP contribution in [0.5, 0.6) is 0 Å². The van der Waals surface area contributed by atoms with Gasteiger partial charge in [0.1, 0.15) is 0 Å². The Morgan fingerprint density at radius 1 is 1.31 bits per heavy atom. The Labute approximate surface area is 106 Å². The lowest BCUT2D eigenvalue weighted by Gasteiger charge is -2.25. The van der Waals surface area contributed by atoms with Crippen molar-refractivity contribution in [1.29, 1.82) is 0 Å². The molecule has 0 amide bonds. The normalized spacial score (nSPS) is 12.9. The second-order valence-electron chi connectivity index (χ2n) is 4.65. The monoisotopic (exact) mass is 285 g/mol. The van der Waals surface area contributed by atoms with Gasteiger partial charge in [-0.25, -0.2) is 0 Å². The predicted octanol–water partition coefficient (Wildman–Crippen LogP) is 3.59. The molecule has 1 aromatic rings. The van der Waals surface area contributed by atoms with Gasteiger partial charge >= 0.3 is 0 Å². The van der Waals surface area contributed by atoms with E-state index in [-0.39, 0.29) is 0 Å². The highest BCUT2D eigenvalue weighted by Gasteiger charge is 2.12. The van der Waals surface area contributed by atoms with Gasteiger partial charge in [-0.15, -0.1) is 0 Å². The first-order valence-electron chi connectivity index (χ1n) is 5.60. The molecular weight excluding hydrogens is 266 g/mol. The van der Waals surface area contributed by atoms with Crippen molar-refractivity contribution >= 4 is 21.6 Å². The number of hydrogen-bond acceptors (Lipinski definition) is 2. The molecule has 1 atom stereocenters. The van der Waals surface area contributed by atoms with Crippen LogP contribution < -0.4 is 4.90 Å². The van der Waals surface area contributed by atoms with Gasteiger partial charge < -0.3 is 10.0 Å². The Morgan fingerprint density at radius 2 is 1.94 bits per heavy atom. The maximum absolute atomic E-state index is 9.76. The van der Waals surface area contributed by atoms with Crippen LogP contribution >= 0.6 is 15.9 Å². The maximum Gasteiger partial charge on any atom is 0.0782 e. The quantitative estimate of drug-likeness (QED) is 0.914. The van der Waals surface area contributed by atoms with Gasteiger partial charge in [0, 0.05) is 29.3 Å². The summed E-state index contributed by atoms with van der Waals surface area (Å²) in [4.78, 5) is 2.19. The van der Waals surface area contributed by atoms with Crippen molar-refractivity contribution in [2.75, 3.05) is 18.5 Å². The summed E-state index contributed by atoms with van der Waals surface area (Å²) in [6.07, 6.45) is -0.442. The second kappa shape index (κ2) is 5.69. The number of benzene rings is 1. The molecule has 0 saturated carbocycles. The largest absolute Gasteiger partial charge is 0.389 e. The molecule has 0 saturated heterocycles. The van der Waals surface area contributed by atoms with Crippen LogP contribution in [0.1, 0.15) is 32.4 Å². The zero-order valence-electron chi connectivity index (χ0n) is 10.4. The van der Waals surface area contributed by atoms with Crippen molar-refractivity contribution in [2.45, 2.75) is 26.9 Å². The zero-order valence-corrected chi connectivity index (χ0v) is 12.0. The van der Waals surface area contributed by atoms with Crippen molar-refractivity contribution in [1.82, 2.24) is 0 Å². The van der Waals surface area contributed by atoms with E-state index in [9.17, 15) is 5.11 Å². The molecule has 1 aromatic carbocycles. The molecule has 3 heteroatoms. The third kappa shape index (κ3) is 3.49. The molecule has 0 fully saturated rings. The van der Waals surface area contributed by atoms with Gasteiger partial charge in [0.15, 0.2) is 0 Å². The van der Waals surface area contributed by atoms with Crippen LogP contribution in [0.15, 0.2) is 22.7 Å². The summed E-state index contributed by atoms with van der Waals surface area (Å²) in [5.74, 6) is 0.607. The fourth-order valence-electron chi connectivity index (χ4n) is 1.85. The highest BCUT2D eigenvalue weighted by molar-refractivity contribution is 9.10. The third-order valence-corrected chi connectivity index (χ3v) is 2.98. The Bertz CT molecular complexity index is 350. The summed E-state index contributed by atoms with van der Waals surface area (Å²) in [5.41, 5.74) is 2.07. The Morgan fingerprint density at radius 3 is 2.44 bits per heavy atom. The van der Waals surface area contributed by atoms with Crippen LogP contribution in [0.4, 0.5) is 5.69 Å². The van der Waals surface area contributed by atoms with Crippen LogP contribution in [-0.4, -0.2) is 18.7 Å². The predicted molar refractivity (Wildman–Crippen MR) is 72.9 cm³/mol. The third-order valence-electron chi connectivity index (χ3n) is 2.49. The van der Waals surface area contributed by atoms with Gasteiger partial charge in [-0.3, -0.25) is 0 Å². The molecule has 0 aliphatic carbocycles. The van der Waals surface area contributed by atoms with E-state index in [1.807, 2.05) is 12.1 Å². The summed E-state index contributed by atoms with van der Waals surface area (Å²) in [6, 6.07) is 6.05. The lowest BCUT2D eigenvalue weighted by Crippen LogP contribution is -2.24. The standard InChI is InChI=1S/C13H20BrNO/c1-9(2)8-15(4)13-6-5-11(14)7-12(13)10(3)16/h5-7,9-10,16H,8H2,1-4H3. The van der Waals surface area contributed by atoms with Gasteiger partial charge in [0.05, 0.1) is 6.10 Å². The smallest absolute Gasteiger partial charge is 0.0782 e. The number of aliphatic hydroxyl groups is 1. The van der Waals surface area contributed by atoms with E-state index in [4.69, 9.17) is 0 Å². The summed E-state index contributed by atoms with van der Waals surface area (Å²) in [6.45, 7) is 7.17. The van der Waals surface area contributed by atoms with E-state index in [0.717, 1.165) is 22.3 Å². The van der Waals surface area contributed by atoms with E-state index < -0.39 is 6.10 Å². The molecule has 1 rings (SSSR count). The number of halogens is 1. The highest BCUT2D eigenvalue weighted by atomic mass is 79.9. The molecule has 0 heterocycles. The first-order chi connectivity index (χ1) is 7.41. The second-order valence-corrected chi connectivity index (χ2v) is 5.57. The van der Waals surface area contributed by atoms with Crippen LogP contribution in [0.3, 0.4) is 0 Å². The summed E-state index contributed by atoms with van der Waals surface area (Å²) < 4.78 is 1.00. The lowest BCUT2D eigenvalue weighted by atomic mass is 10.1. The van der Waals surface area contributed by atoms with Gasteiger partial charge in [-0.1, -0.05) is 29.8 Å². The SMILES string of the molecule is CC(C)CN(C)c1ccc(Br)cc1C(C)O. The molecule has 1 unspecified atom stereocenters.